The SMILES string of the molecule is CCOC(=O)C1=C(C)N2C(=O)CCN2[C@@H](c2ccc([N+](=O)[O-])cc2)[C@@H]1C(=O)OCC. The number of allylic oxidation sites excluding steroid dienone is 1. The molecule has 30 heavy (non-hydrogen) atoms. The van der Waals surface area contributed by atoms with E-state index in [2.05, 4.69) is 0 Å². The minimum absolute atomic E-state index is 0.0603. The van der Waals surface area contributed by atoms with E-state index < -0.39 is 28.8 Å². The van der Waals surface area contributed by atoms with Crippen LogP contribution in [-0.4, -0.2) is 52.5 Å². The Kier molecular flexibility index (Phi) is 6.16. The Labute approximate surface area is 173 Å². The molecule has 160 valence electrons. The Morgan fingerprint density at radius 3 is 2.37 bits per heavy atom. The van der Waals surface area contributed by atoms with E-state index >= 15 is 0 Å². The fraction of sp³-hybridized carbons (Fsp3) is 0.450. The van der Waals surface area contributed by atoms with Crippen LogP contribution in [0.5, 0.6) is 0 Å². The first kappa shape index (κ1) is 21.4. The van der Waals surface area contributed by atoms with Crippen LogP contribution in [0.1, 0.15) is 38.8 Å². The van der Waals surface area contributed by atoms with Crippen LogP contribution >= 0.6 is 0 Å². The topological polar surface area (TPSA) is 119 Å². The number of nitro benzene ring substituents is 1. The van der Waals surface area contributed by atoms with Gasteiger partial charge in [0.15, 0.2) is 0 Å². The number of esters is 2. The third-order valence-electron chi connectivity index (χ3n) is 5.18. The third-order valence-corrected chi connectivity index (χ3v) is 5.18. The van der Waals surface area contributed by atoms with Gasteiger partial charge in [-0.1, -0.05) is 12.1 Å². The second-order valence-corrected chi connectivity index (χ2v) is 6.86. The number of non-ortho nitro benzene ring substituents is 1. The Balaban J connectivity index is 2.18. The summed E-state index contributed by atoms with van der Waals surface area (Å²) < 4.78 is 10.4. The van der Waals surface area contributed by atoms with Crippen LogP contribution in [0.3, 0.4) is 0 Å². The molecule has 1 amide bonds. The molecule has 2 atom stereocenters. The molecule has 1 aromatic carbocycles. The number of nitro groups is 1. The summed E-state index contributed by atoms with van der Waals surface area (Å²) in [7, 11) is 0. The molecule has 0 aliphatic carbocycles. The van der Waals surface area contributed by atoms with Crippen molar-refractivity contribution in [2.24, 2.45) is 5.92 Å². The standard InChI is InChI=1S/C20H23N3O7/c1-4-29-19(25)16-12(3)22-15(24)10-11-21(22)18(17(16)20(26)30-5-2)13-6-8-14(9-7-13)23(27)28/h6-9,17-18H,4-5,10-11H2,1-3H3/t17-,18+/m1/s1. The van der Waals surface area contributed by atoms with Gasteiger partial charge in [-0.15, -0.1) is 0 Å². The van der Waals surface area contributed by atoms with Gasteiger partial charge < -0.3 is 9.47 Å². The molecule has 1 saturated heterocycles. The molecule has 0 spiro atoms. The van der Waals surface area contributed by atoms with Crippen LogP contribution in [0.2, 0.25) is 0 Å². The van der Waals surface area contributed by atoms with Crippen molar-refractivity contribution < 1.29 is 28.8 Å². The monoisotopic (exact) mass is 417 g/mol. The summed E-state index contributed by atoms with van der Waals surface area (Å²) in [6, 6.07) is 4.96. The normalized spacial score (nSPS) is 21.4. The molecule has 0 aromatic heterocycles. The van der Waals surface area contributed by atoms with Crippen LogP contribution in [0.15, 0.2) is 35.5 Å². The lowest BCUT2D eigenvalue weighted by Crippen LogP contribution is -2.51. The average molecular weight is 417 g/mol. The zero-order valence-corrected chi connectivity index (χ0v) is 17.0. The maximum Gasteiger partial charge on any atom is 0.336 e. The van der Waals surface area contributed by atoms with Crippen LogP contribution < -0.4 is 0 Å². The van der Waals surface area contributed by atoms with E-state index in [9.17, 15) is 24.5 Å². The van der Waals surface area contributed by atoms with Gasteiger partial charge in [0.2, 0.25) is 5.91 Å². The van der Waals surface area contributed by atoms with Crippen molar-refractivity contribution in [2.45, 2.75) is 33.2 Å². The lowest BCUT2D eigenvalue weighted by Gasteiger charge is -2.44. The van der Waals surface area contributed by atoms with Crippen LogP contribution in [0, 0.1) is 16.0 Å². The summed E-state index contributed by atoms with van der Waals surface area (Å²) in [5.74, 6) is -2.57. The Hall–Kier alpha value is -3.27. The zero-order chi connectivity index (χ0) is 22.0. The fourth-order valence-corrected chi connectivity index (χ4v) is 3.99. The van der Waals surface area contributed by atoms with Gasteiger partial charge in [0.05, 0.1) is 29.8 Å². The lowest BCUT2D eigenvalue weighted by atomic mass is 9.83. The maximum atomic E-state index is 13.0. The number of amides is 1. The number of benzene rings is 1. The van der Waals surface area contributed by atoms with Crippen molar-refractivity contribution in [1.29, 1.82) is 0 Å². The predicted octanol–water partition coefficient (Wildman–Crippen LogP) is 2.12. The summed E-state index contributed by atoms with van der Waals surface area (Å²) in [6.07, 6.45) is 0.215. The second kappa shape index (κ2) is 8.62. The number of hydrazine groups is 1. The Morgan fingerprint density at radius 1 is 1.17 bits per heavy atom. The molecule has 1 fully saturated rings. The summed E-state index contributed by atoms with van der Waals surface area (Å²) >= 11 is 0. The minimum atomic E-state index is -1.05. The van der Waals surface area contributed by atoms with Crippen molar-refractivity contribution >= 4 is 23.5 Å². The van der Waals surface area contributed by atoms with Gasteiger partial charge in [0, 0.05) is 30.8 Å². The maximum absolute atomic E-state index is 13.0. The molecule has 2 aliphatic rings. The van der Waals surface area contributed by atoms with E-state index in [1.54, 1.807) is 25.8 Å². The van der Waals surface area contributed by atoms with Crippen molar-refractivity contribution in [3.8, 4) is 0 Å². The van der Waals surface area contributed by atoms with E-state index in [1.807, 2.05) is 0 Å². The average Bonchev–Trinajstić information content (AvgIpc) is 3.10. The molecule has 10 heteroatoms. The summed E-state index contributed by atoms with van der Waals surface area (Å²) in [5, 5.41) is 14.1. The van der Waals surface area contributed by atoms with Crippen molar-refractivity contribution in [3.05, 3.63) is 51.2 Å². The highest BCUT2D eigenvalue weighted by Gasteiger charge is 2.51. The predicted molar refractivity (Wildman–Crippen MR) is 103 cm³/mol. The molecule has 3 rings (SSSR count). The Morgan fingerprint density at radius 2 is 1.80 bits per heavy atom. The first-order chi connectivity index (χ1) is 14.3. The highest BCUT2D eigenvalue weighted by atomic mass is 16.6. The van der Waals surface area contributed by atoms with Gasteiger partial charge in [-0.05, 0) is 26.3 Å². The summed E-state index contributed by atoms with van der Waals surface area (Å²) in [6.45, 7) is 5.46. The lowest BCUT2D eigenvalue weighted by molar-refractivity contribution is -0.384. The number of carbonyl (C=O) groups excluding carboxylic acids is 3. The molecule has 10 nitrogen and oxygen atoms in total. The minimum Gasteiger partial charge on any atom is -0.465 e. The number of fused-ring (bicyclic) bond motifs is 1. The Bertz CT molecular complexity index is 909. The number of ether oxygens (including phenoxy) is 2. The first-order valence-corrected chi connectivity index (χ1v) is 9.70. The first-order valence-electron chi connectivity index (χ1n) is 9.70. The fourth-order valence-electron chi connectivity index (χ4n) is 3.99. The van der Waals surface area contributed by atoms with E-state index in [1.165, 1.54) is 29.3 Å². The van der Waals surface area contributed by atoms with E-state index in [0.717, 1.165) is 0 Å². The number of hydrogen-bond donors (Lipinski definition) is 0. The summed E-state index contributed by atoms with van der Waals surface area (Å²) in [5.41, 5.74) is 0.832. The van der Waals surface area contributed by atoms with Gasteiger partial charge in [0.1, 0.15) is 5.92 Å². The van der Waals surface area contributed by atoms with Gasteiger partial charge in [-0.25, -0.2) is 14.8 Å². The number of rotatable bonds is 6. The molecular weight excluding hydrogens is 394 g/mol. The zero-order valence-electron chi connectivity index (χ0n) is 17.0. The molecule has 0 N–H and O–H groups in total. The third kappa shape index (κ3) is 3.65. The molecule has 0 unspecified atom stereocenters. The molecule has 1 aromatic rings. The van der Waals surface area contributed by atoms with Gasteiger partial charge in [-0.3, -0.25) is 19.7 Å². The van der Waals surface area contributed by atoms with Gasteiger partial charge >= 0.3 is 11.9 Å². The number of hydrogen-bond acceptors (Lipinski definition) is 8. The largest absolute Gasteiger partial charge is 0.465 e. The molecule has 0 radical (unpaired) electrons. The molecule has 2 heterocycles. The highest BCUT2D eigenvalue weighted by molar-refractivity contribution is 5.98. The smallest absolute Gasteiger partial charge is 0.336 e. The van der Waals surface area contributed by atoms with Crippen molar-refractivity contribution in [1.82, 2.24) is 10.0 Å². The van der Waals surface area contributed by atoms with E-state index in [-0.39, 0.29) is 36.8 Å². The number of carbonyl (C=O) groups is 3. The highest BCUT2D eigenvalue weighted by Crippen LogP contribution is 2.45. The second-order valence-electron chi connectivity index (χ2n) is 6.86. The number of nitrogens with zero attached hydrogens (tertiary/aromatic N) is 3. The van der Waals surface area contributed by atoms with Crippen molar-refractivity contribution in [2.75, 3.05) is 19.8 Å². The van der Waals surface area contributed by atoms with E-state index in [0.29, 0.717) is 17.8 Å². The molecular formula is C20H23N3O7. The van der Waals surface area contributed by atoms with Crippen LogP contribution in [0.25, 0.3) is 0 Å². The van der Waals surface area contributed by atoms with Gasteiger partial charge in [-0.2, -0.15) is 0 Å². The summed E-state index contributed by atoms with van der Waals surface area (Å²) in [4.78, 5) is 48.9. The van der Waals surface area contributed by atoms with Crippen molar-refractivity contribution in [3.63, 3.8) is 0 Å². The van der Waals surface area contributed by atoms with E-state index in [4.69, 9.17) is 9.47 Å². The molecule has 0 bridgehead atoms. The quantitative estimate of drug-likeness (QED) is 0.392. The molecule has 2 aliphatic heterocycles. The van der Waals surface area contributed by atoms with Crippen LogP contribution in [0.4, 0.5) is 5.69 Å². The molecule has 0 saturated carbocycles. The van der Waals surface area contributed by atoms with Crippen LogP contribution in [-0.2, 0) is 23.9 Å². The van der Waals surface area contributed by atoms with Gasteiger partial charge in [0.25, 0.3) is 5.69 Å².